The molecule has 0 saturated carbocycles. The van der Waals surface area contributed by atoms with E-state index in [1.54, 1.807) is 0 Å². The molecule has 0 aromatic carbocycles. The van der Waals surface area contributed by atoms with Crippen LogP contribution in [0.3, 0.4) is 0 Å². The van der Waals surface area contributed by atoms with E-state index in [9.17, 15) is 13.5 Å². The van der Waals surface area contributed by atoms with Crippen LogP contribution in [-0.2, 0) is 14.6 Å². The summed E-state index contributed by atoms with van der Waals surface area (Å²) in [6, 6.07) is 0.320. The third-order valence-electron chi connectivity index (χ3n) is 2.95. The fraction of sp³-hybridized carbons (Fsp3) is 1.00. The van der Waals surface area contributed by atoms with Crippen LogP contribution in [0, 0.1) is 0 Å². The van der Waals surface area contributed by atoms with Gasteiger partial charge in [-0.25, -0.2) is 8.42 Å². The second-order valence-corrected chi connectivity index (χ2v) is 6.46. The van der Waals surface area contributed by atoms with Crippen LogP contribution in [0.5, 0.6) is 0 Å². The molecule has 88 valence electrons. The van der Waals surface area contributed by atoms with E-state index in [-0.39, 0.29) is 11.5 Å². The summed E-state index contributed by atoms with van der Waals surface area (Å²) in [5.74, 6) is -0.198. The Hall–Kier alpha value is -0.170. The molecular formula is C9H17NO4S. The molecule has 3 atom stereocenters. The maximum atomic E-state index is 11.2. The highest BCUT2D eigenvalue weighted by Crippen LogP contribution is 2.17. The summed E-state index contributed by atoms with van der Waals surface area (Å²) in [4.78, 5) is 0. The smallest absolute Gasteiger partial charge is 0.155 e. The average molecular weight is 235 g/mol. The molecule has 15 heavy (non-hydrogen) atoms. The van der Waals surface area contributed by atoms with E-state index in [0.29, 0.717) is 12.6 Å². The van der Waals surface area contributed by atoms with E-state index in [4.69, 9.17) is 4.74 Å². The standard InChI is InChI=1S/C9H17NO4S/c11-8-5-15(12,13)6-9(8)14-4-7-2-1-3-10-7/h7-11H,1-6H2. The monoisotopic (exact) mass is 235 g/mol. The molecule has 0 aromatic heterocycles. The van der Waals surface area contributed by atoms with Gasteiger partial charge in [-0.2, -0.15) is 0 Å². The zero-order chi connectivity index (χ0) is 10.9. The topological polar surface area (TPSA) is 75.6 Å². The van der Waals surface area contributed by atoms with Crippen LogP contribution in [0.4, 0.5) is 0 Å². The number of sulfone groups is 1. The third-order valence-corrected chi connectivity index (χ3v) is 4.63. The largest absolute Gasteiger partial charge is 0.389 e. The number of hydrogen-bond acceptors (Lipinski definition) is 5. The first-order valence-electron chi connectivity index (χ1n) is 5.30. The summed E-state index contributed by atoms with van der Waals surface area (Å²) in [5, 5.41) is 12.7. The van der Waals surface area contributed by atoms with Gasteiger partial charge in [-0.3, -0.25) is 0 Å². The zero-order valence-corrected chi connectivity index (χ0v) is 9.37. The molecule has 0 spiro atoms. The van der Waals surface area contributed by atoms with E-state index in [2.05, 4.69) is 5.32 Å². The molecule has 2 aliphatic rings. The molecule has 6 heteroatoms. The number of nitrogens with one attached hydrogen (secondary N) is 1. The van der Waals surface area contributed by atoms with Crippen molar-refractivity contribution < 1.29 is 18.3 Å². The van der Waals surface area contributed by atoms with Gasteiger partial charge in [0.2, 0.25) is 0 Å². The van der Waals surface area contributed by atoms with Crippen LogP contribution >= 0.6 is 0 Å². The van der Waals surface area contributed by atoms with Crippen molar-refractivity contribution in [3.8, 4) is 0 Å². The highest BCUT2D eigenvalue weighted by molar-refractivity contribution is 7.91. The van der Waals surface area contributed by atoms with E-state index in [1.807, 2.05) is 0 Å². The van der Waals surface area contributed by atoms with Crippen molar-refractivity contribution in [1.29, 1.82) is 0 Å². The second-order valence-electron chi connectivity index (χ2n) is 4.31. The Kier molecular flexibility index (Phi) is 3.30. The molecule has 2 rings (SSSR count). The predicted molar refractivity (Wildman–Crippen MR) is 55.4 cm³/mol. The van der Waals surface area contributed by atoms with Crippen molar-refractivity contribution >= 4 is 9.84 Å². The molecule has 2 fully saturated rings. The van der Waals surface area contributed by atoms with Gasteiger partial charge >= 0.3 is 0 Å². The number of ether oxygens (including phenoxy) is 1. The van der Waals surface area contributed by atoms with Crippen molar-refractivity contribution in [3.05, 3.63) is 0 Å². The molecule has 2 heterocycles. The molecule has 0 aromatic rings. The lowest BCUT2D eigenvalue weighted by molar-refractivity contribution is -0.0144. The maximum Gasteiger partial charge on any atom is 0.155 e. The molecule has 3 unspecified atom stereocenters. The van der Waals surface area contributed by atoms with Gasteiger partial charge < -0.3 is 15.2 Å². The van der Waals surface area contributed by atoms with Crippen LogP contribution in [0.1, 0.15) is 12.8 Å². The predicted octanol–water partition coefficient (Wildman–Crippen LogP) is -1.09. The average Bonchev–Trinajstić information content (AvgIpc) is 2.70. The van der Waals surface area contributed by atoms with Crippen molar-refractivity contribution in [1.82, 2.24) is 5.32 Å². The first-order valence-corrected chi connectivity index (χ1v) is 7.12. The maximum absolute atomic E-state index is 11.2. The van der Waals surface area contributed by atoms with Crippen LogP contribution in [-0.4, -0.2) is 56.4 Å². The van der Waals surface area contributed by atoms with Crippen LogP contribution in [0.2, 0.25) is 0 Å². The van der Waals surface area contributed by atoms with Crippen LogP contribution in [0.15, 0.2) is 0 Å². The third kappa shape index (κ3) is 2.90. The molecule has 2 saturated heterocycles. The Bertz CT molecular complexity index is 310. The van der Waals surface area contributed by atoms with Gasteiger partial charge in [0.15, 0.2) is 9.84 Å². The lowest BCUT2D eigenvalue weighted by Gasteiger charge is -2.17. The van der Waals surface area contributed by atoms with Crippen molar-refractivity contribution in [2.24, 2.45) is 0 Å². The summed E-state index contributed by atoms with van der Waals surface area (Å²) in [7, 11) is -3.09. The first kappa shape index (κ1) is 11.3. The van der Waals surface area contributed by atoms with Crippen molar-refractivity contribution in [2.45, 2.75) is 31.1 Å². The molecule has 0 bridgehead atoms. The molecule has 2 aliphatic heterocycles. The van der Waals surface area contributed by atoms with Crippen molar-refractivity contribution in [3.63, 3.8) is 0 Å². The van der Waals surface area contributed by atoms with Gasteiger partial charge in [-0.1, -0.05) is 0 Å². The van der Waals surface area contributed by atoms with Crippen LogP contribution < -0.4 is 5.32 Å². The Morgan fingerprint density at radius 2 is 2.20 bits per heavy atom. The Balaban J connectivity index is 1.79. The second kappa shape index (κ2) is 4.37. The van der Waals surface area contributed by atoms with Crippen LogP contribution in [0.25, 0.3) is 0 Å². The quantitative estimate of drug-likeness (QED) is 0.650. The highest BCUT2D eigenvalue weighted by atomic mass is 32.2. The summed E-state index contributed by atoms with van der Waals surface area (Å²) >= 11 is 0. The van der Waals surface area contributed by atoms with Gasteiger partial charge in [-0.15, -0.1) is 0 Å². The van der Waals surface area contributed by atoms with E-state index >= 15 is 0 Å². The van der Waals surface area contributed by atoms with Gasteiger partial charge in [0.25, 0.3) is 0 Å². The van der Waals surface area contributed by atoms with Gasteiger partial charge in [0.1, 0.15) is 0 Å². The molecule has 0 radical (unpaired) electrons. The Labute approximate surface area is 89.7 Å². The number of aliphatic hydroxyl groups excluding tert-OH is 1. The van der Waals surface area contributed by atoms with E-state index in [1.165, 1.54) is 0 Å². The number of hydrogen-bond donors (Lipinski definition) is 2. The summed E-state index contributed by atoms with van der Waals surface area (Å²) < 4.78 is 27.8. The minimum absolute atomic E-state index is 0.0408. The van der Waals surface area contributed by atoms with Crippen molar-refractivity contribution in [2.75, 3.05) is 24.7 Å². The summed E-state index contributed by atoms with van der Waals surface area (Å²) in [6.45, 7) is 1.50. The minimum Gasteiger partial charge on any atom is -0.389 e. The van der Waals surface area contributed by atoms with Gasteiger partial charge in [-0.05, 0) is 19.4 Å². The lowest BCUT2D eigenvalue weighted by Crippen LogP contribution is -2.34. The fourth-order valence-electron chi connectivity index (χ4n) is 2.09. The highest BCUT2D eigenvalue weighted by Gasteiger charge is 2.37. The number of rotatable bonds is 3. The Morgan fingerprint density at radius 3 is 2.73 bits per heavy atom. The van der Waals surface area contributed by atoms with Gasteiger partial charge in [0, 0.05) is 6.04 Å². The first-order chi connectivity index (χ1) is 7.07. The molecule has 5 nitrogen and oxygen atoms in total. The van der Waals surface area contributed by atoms with E-state index in [0.717, 1.165) is 19.4 Å². The molecular weight excluding hydrogens is 218 g/mol. The lowest BCUT2D eigenvalue weighted by atomic mass is 10.2. The number of aliphatic hydroxyl groups is 1. The minimum atomic E-state index is -3.09. The normalized spacial score (nSPS) is 39.7. The Morgan fingerprint density at radius 1 is 1.40 bits per heavy atom. The molecule has 2 N–H and O–H groups in total. The summed E-state index contributed by atoms with van der Waals surface area (Å²) in [6.07, 6.45) is 0.823. The SMILES string of the molecule is O=S1(=O)CC(O)C(OCC2CCCN2)C1. The molecule has 0 aliphatic carbocycles. The van der Waals surface area contributed by atoms with Gasteiger partial charge in [0.05, 0.1) is 30.3 Å². The fourth-order valence-corrected chi connectivity index (χ4v) is 3.78. The zero-order valence-electron chi connectivity index (χ0n) is 8.55. The molecule has 0 amide bonds. The summed E-state index contributed by atoms with van der Waals surface area (Å²) in [5.41, 5.74) is 0. The van der Waals surface area contributed by atoms with E-state index < -0.39 is 22.0 Å².